The van der Waals surface area contributed by atoms with Gasteiger partial charge in [0, 0.05) is 39.8 Å². The van der Waals surface area contributed by atoms with Gasteiger partial charge in [0.2, 0.25) is 11.8 Å². The van der Waals surface area contributed by atoms with Crippen molar-refractivity contribution < 1.29 is 14.3 Å². The van der Waals surface area contributed by atoms with Crippen LogP contribution in [0.5, 0.6) is 0 Å². The van der Waals surface area contributed by atoms with E-state index in [1.807, 2.05) is 6.92 Å². The summed E-state index contributed by atoms with van der Waals surface area (Å²) >= 11 is 0. The summed E-state index contributed by atoms with van der Waals surface area (Å²) in [5.41, 5.74) is 0. The van der Waals surface area contributed by atoms with Crippen LogP contribution in [0.1, 0.15) is 26.2 Å². The largest absolute Gasteiger partial charge is 0.385 e. The molecule has 0 saturated carbocycles. The van der Waals surface area contributed by atoms with Crippen LogP contribution in [0.4, 0.5) is 0 Å². The van der Waals surface area contributed by atoms with Crippen LogP contribution in [0.3, 0.4) is 0 Å². The SMILES string of the molecule is CCCN1CC(C(=O)NCCCOC)CC1=O. The Kier molecular flexibility index (Phi) is 5.97. The first-order valence-electron chi connectivity index (χ1n) is 6.23. The fourth-order valence-electron chi connectivity index (χ4n) is 2.01. The molecule has 1 heterocycles. The predicted octanol–water partition coefficient (Wildman–Crippen LogP) is 0.398. The summed E-state index contributed by atoms with van der Waals surface area (Å²) in [4.78, 5) is 25.1. The Hall–Kier alpha value is -1.10. The number of ether oxygens (including phenoxy) is 1. The molecule has 1 atom stereocenters. The Morgan fingerprint density at radius 1 is 1.59 bits per heavy atom. The average Bonchev–Trinajstić information content (AvgIpc) is 2.67. The fraction of sp³-hybridized carbons (Fsp3) is 0.833. The quantitative estimate of drug-likeness (QED) is 0.657. The molecule has 1 fully saturated rings. The molecular formula is C12H22N2O3. The van der Waals surface area contributed by atoms with Gasteiger partial charge < -0.3 is 15.0 Å². The average molecular weight is 242 g/mol. The molecule has 2 amide bonds. The maximum absolute atomic E-state index is 11.8. The van der Waals surface area contributed by atoms with E-state index in [-0.39, 0.29) is 17.7 Å². The van der Waals surface area contributed by atoms with E-state index in [2.05, 4.69) is 5.32 Å². The standard InChI is InChI=1S/C12H22N2O3/c1-3-6-14-9-10(8-11(14)15)12(16)13-5-4-7-17-2/h10H,3-9H2,1-2H3,(H,13,16). The summed E-state index contributed by atoms with van der Waals surface area (Å²) in [7, 11) is 1.64. The number of hydrogen-bond acceptors (Lipinski definition) is 3. The van der Waals surface area contributed by atoms with Crippen molar-refractivity contribution in [2.24, 2.45) is 5.92 Å². The first kappa shape index (κ1) is 14.0. The van der Waals surface area contributed by atoms with Crippen LogP contribution in [0, 0.1) is 5.92 Å². The second-order valence-corrected chi connectivity index (χ2v) is 4.38. The van der Waals surface area contributed by atoms with Gasteiger partial charge >= 0.3 is 0 Å². The van der Waals surface area contributed by atoms with Crippen LogP contribution in [-0.4, -0.2) is 50.1 Å². The lowest BCUT2D eigenvalue weighted by Crippen LogP contribution is -2.34. The summed E-state index contributed by atoms with van der Waals surface area (Å²) in [5.74, 6) is -0.0754. The van der Waals surface area contributed by atoms with Crippen molar-refractivity contribution in [2.45, 2.75) is 26.2 Å². The lowest BCUT2D eigenvalue weighted by molar-refractivity contribution is -0.129. The number of nitrogens with one attached hydrogen (secondary N) is 1. The van der Waals surface area contributed by atoms with E-state index in [0.29, 0.717) is 26.1 Å². The summed E-state index contributed by atoms with van der Waals surface area (Å²) in [6.07, 6.45) is 2.10. The van der Waals surface area contributed by atoms with Crippen molar-refractivity contribution in [3.8, 4) is 0 Å². The number of carbonyl (C=O) groups is 2. The number of methoxy groups -OCH3 is 1. The van der Waals surface area contributed by atoms with Crippen molar-refractivity contribution in [1.29, 1.82) is 0 Å². The minimum atomic E-state index is -0.170. The molecule has 0 radical (unpaired) electrons. The highest BCUT2D eigenvalue weighted by Crippen LogP contribution is 2.17. The molecule has 0 spiro atoms. The molecule has 1 N–H and O–H groups in total. The molecule has 5 heteroatoms. The first-order chi connectivity index (χ1) is 8.19. The summed E-state index contributed by atoms with van der Waals surface area (Å²) in [6.45, 7) is 4.62. The molecule has 0 aromatic rings. The van der Waals surface area contributed by atoms with Crippen molar-refractivity contribution in [3.05, 3.63) is 0 Å². The second-order valence-electron chi connectivity index (χ2n) is 4.38. The number of nitrogens with zero attached hydrogens (tertiary/aromatic N) is 1. The summed E-state index contributed by atoms with van der Waals surface area (Å²) < 4.78 is 4.90. The van der Waals surface area contributed by atoms with Crippen LogP contribution in [0.2, 0.25) is 0 Å². The summed E-state index contributed by atoms with van der Waals surface area (Å²) in [6, 6.07) is 0. The molecule has 5 nitrogen and oxygen atoms in total. The highest BCUT2D eigenvalue weighted by molar-refractivity contribution is 5.89. The Morgan fingerprint density at radius 3 is 3.00 bits per heavy atom. The Balaban J connectivity index is 2.27. The fourth-order valence-corrected chi connectivity index (χ4v) is 2.01. The van der Waals surface area contributed by atoms with Gasteiger partial charge in [-0.1, -0.05) is 6.92 Å². The third kappa shape index (κ3) is 4.34. The van der Waals surface area contributed by atoms with E-state index < -0.39 is 0 Å². The van der Waals surface area contributed by atoms with Gasteiger partial charge in [-0.3, -0.25) is 9.59 Å². The molecule has 98 valence electrons. The Labute approximate surface area is 102 Å². The van der Waals surface area contributed by atoms with Crippen LogP contribution in [-0.2, 0) is 14.3 Å². The highest BCUT2D eigenvalue weighted by atomic mass is 16.5. The molecule has 1 unspecified atom stereocenters. The van der Waals surface area contributed by atoms with Gasteiger partial charge in [-0.2, -0.15) is 0 Å². The van der Waals surface area contributed by atoms with Gasteiger partial charge in [0.15, 0.2) is 0 Å². The second kappa shape index (κ2) is 7.27. The zero-order chi connectivity index (χ0) is 12.7. The topological polar surface area (TPSA) is 58.6 Å². The third-order valence-electron chi connectivity index (χ3n) is 2.90. The van der Waals surface area contributed by atoms with Crippen molar-refractivity contribution in [1.82, 2.24) is 10.2 Å². The smallest absolute Gasteiger partial charge is 0.225 e. The number of hydrogen-bond donors (Lipinski definition) is 1. The van der Waals surface area contributed by atoms with Gasteiger partial charge in [-0.05, 0) is 12.8 Å². The van der Waals surface area contributed by atoms with Gasteiger partial charge in [0.1, 0.15) is 0 Å². The summed E-state index contributed by atoms with van der Waals surface area (Å²) in [5, 5.41) is 2.84. The van der Waals surface area contributed by atoms with E-state index in [4.69, 9.17) is 4.74 Å². The van der Waals surface area contributed by atoms with E-state index >= 15 is 0 Å². The van der Waals surface area contributed by atoms with Crippen molar-refractivity contribution in [3.63, 3.8) is 0 Å². The van der Waals surface area contributed by atoms with Crippen molar-refractivity contribution in [2.75, 3.05) is 33.4 Å². The normalized spacial score (nSPS) is 19.8. The van der Waals surface area contributed by atoms with Crippen LogP contribution in [0.25, 0.3) is 0 Å². The number of likely N-dealkylation sites (tertiary alicyclic amines) is 1. The molecule has 1 saturated heterocycles. The molecule has 1 rings (SSSR count). The third-order valence-corrected chi connectivity index (χ3v) is 2.90. The van der Waals surface area contributed by atoms with E-state index in [1.165, 1.54) is 0 Å². The van der Waals surface area contributed by atoms with Gasteiger partial charge in [0.25, 0.3) is 0 Å². The Bertz CT molecular complexity index is 268. The minimum absolute atomic E-state index is 0.00643. The maximum atomic E-state index is 11.8. The Morgan fingerprint density at radius 2 is 2.35 bits per heavy atom. The van der Waals surface area contributed by atoms with E-state index in [0.717, 1.165) is 19.4 Å². The zero-order valence-electron chi connectivity index (χ0n) is 10.7. The van der Waals surface area contributed by atoms with Crippen LogP contribution < -0.4 is 5.32 Å². The molecule has 17 heavy (non-hydrogen) atoms. The molecule has 0 aromatic carbocycles. The predicted molar refractivity (Wildman–Crippen MR) is 64.5 cm³/mol. The van der Waals surface area contributed by atoms with Crippen molar-refractivity contribution >= 4 is 11.8 Å². The maximum Gasteiger partial charge on any atom is 0.225 e. The van der Waals surface area contributed by atoms with Gasteiger partial charge in [0.05, 0.1) is 5.92 Å². The monoisotopic (exact) mass is 242 g/mol. The van der Waals surface area contributed by atoms with Gasteiger partial charge in [-0.15, -0.1) is 0 Å². The van der Waals surface area contributed by atoms with Gasteiger partial charge in [-0.25, -0.2) is 0 Å². The van der Waals surface area contributed by atoms with E-state index in [1.54, 1.807) is 12.0 Å². The van der Waals surface area contributed by atoms with Crippen LogP contribution >= 0.6 is 0 Å². The lowest BCUT2D eigenvalue weighted by atomic mass is 10.1. The van der Waals surface area contributed by atoms with Crippen LogP contribution in [0.15, 0.2) is 0 Å². The molecular weight excluding hydrogens is 220 g/mol. The minimum Gasteiger partial charge on any atom is -0.385 e. The highest BCUT2D eigenvalue weighted by Gasteiger charge is 2.33. The number of rotatable bonds is 7. The molecule has 0 aromatic heterocycles. The molecule has 1 aliphatic rings. The van der Waals surface area contributed by atoms with E-state index in [9.17, 15) is 9.59 Å². The molecule has 0 bridgehead atoms. The number of carbonyl (C=O) groups excluding carboxylic acids is 2. The zero-order valence-corrected chi connectivity index (χ0v) is 10.7. The molecule has 1 aliphatic heterocycles. The number of amides is 2. The first-order valence-corrected chi connectivity index (χ1v) is 6.23. The molecule has 0 aliphatic carbocycles. The lowest BCUT2D eigenvalue weighted by Gasteiger charge is -2.15.